The van der Waals surface area contributed by atoms with Crippen molar-refractivity contribution in [3.63, 3.8) is 0 Å². The number of carbonyl (C=O) groups excluding carboxylic acids is 2. The standard InChI is InChI=1S/C31H32F4N4O3/c1-42-18-6-16-39(30(41)37-28-10-5-3-8-26(28)32)21-29(40)38(20-22-11-13-24(14-12-22)31(33,34)35)17-15-23-19-36-27-9-4-2-7-25(23)27/h2-5,7-14,19,36H,6,15-18,20-21H2,1H3,(H,37,41). The van der Waals surface area contributed by atoms with E-state index in [2.05, 4.69) is 10.3 Å². The van der Waals surface area contributed by atoms with Crippen molar-refractivity contribution in [2.24, 2.45) is 0 Å². The molecule has 2 N–H and O–H groups in total. The summed E-state index contributed by atoms with van der Waals surface area (Å²) in [6, 6.07) is 17.4. The number of alkyl halides is 3. The minimum absolute atomic E-state index is 0.0207. The van der Waals surface area contributed by atoms with E-state index >= 15 is 0 Å². The molecule has 4 rings (SSSR count). The van der Waals surface area contributed by atoms with E-state index in [0.29, 0.717) is 25.0 Å². The predicted molar refractivity (Wildman–Crippen MR) is 152 cm³/mol. The van der Waals surface area contributed by atoms with Crippen LogP contribution in [0.5, 0.6) is 0 Å². The van der Waals surface area contributed by atoms with Gasteiger partial charge in [-0.15, -0.1) is 0 Å². The summed E-state index contributed by atoms with van der Waals surface area (Å²) in [7, 11) is 1.52. The van der Waals surface area contributed by atoms with E-state index in [-0.39, 0.29) is 31.9 Å². The number of urea groups is 1. The highest BCUT2D eigenvalue weighted by Gasteiger charge is 2.30. The fourth-order valence-corrected chi connectivity index (χ4v) is 4.58. The third-order valence-corrected chi connectivity index (χ3v) is 6.84. The number of amides is 3. The SMILES string of the molecule is COCCCN(CC(=O)N(CCc1c[nH]c2ccccc12)Cc1ccc(C(F)(F)F)cc1)C(=O)Nc1ccccc1F. The van der Waals surface area contributed by atoms with Crippen molar-refractivity contribution in [1.29, 1.82) is 0 Å². The lowest BCUT2D eigenvalue weighted by Gasteiger charge is -2.28. The number of fused-ring (bicyclic) bond motifs is 1. The maximum absolute atomic E-state index is 14.2. The summed E-state index contributed by atoms with van der Waals surface area (Å²) < 4.78 is 58.6. The molecule has 4 aromatic rings. The number of H-pyrrole nitrogens is 1. The highest BCUT2D eigenvalue weighted by atomic mass is 19.4. The van der Waals surface area contributed by atoms with Gasteiger partial charge >= 0.3 is 12.2 Å². The fraction of sp³-hybridized carbons (Fsp3) is 0.290. The molecule has 7 nitrogen and oxygen atoms in total. The number of aromatic nitrogens is 1. The third kappa shape index (κ3) is 8.10. The topological polar surface area (TPSA) is 77.7 Å². The lowest BCUT2D eigenvalue weighted by molar-refractivity contribution is -0.137. The number of carbonyl (C=O) groups is 2. The summed E-state index contributed by atoms with van der Waals surface area (Å²) in [5, 5.41) is 3.52. The number of halogens is 4. The average molecular weight is 585 g/mol. The van der Waals surface area contributed by atoms with E-state index in [4.69, 9.17) is 4.74 Å². The number of nitrogens with zero attached hydrogens (tertiary/aromatic N) is 2. The van der Waals surface area contributed by atoms with Gasteiger partial charge in [0.15, 0.2) is 0 Å². The first-order chi connectivity index (χ1) is 20.2. The second kappa shape index (κ2) is 14.0. The molecule has 0 aliphatic heterocycles. The van der Waals surface area contributed by atoms with Gasteiger partial charge in [0.2, 0.25) is 5.91 Å². The van der Waals surface area contributed by atoms with Crippen LogP contribution in [0.25, 0.3) is 10.9 Å². The number of para-hydroxylation sites is 2. The maximum atomic E-state index is 14.2. The van der Waals surface area contributed by atoms with Crippen LogP contribution in [-0.4, -0.2) is 60.1 Å². The molecule has 3 aromatic carbocycles. The molecule has 3 amide bonds. The van der Waals surface area contributed by atoms with Crippen LogP contribution < -0.4 is 5.32 Å². The van der Waals surface area contributed by atoms with Gasteiger partial charge in [0.1, 0.15) is 12.4 Å². The highest BCUT2D eigenvalue weighted by molar-refractivity contribution is 5.92. The summed E-state index contributed by atoms with van der Waals surface area (Å²) in [6.45, 7) is 0.477. The molecule has 0 aliphatic carbocycles. The average Bonchev–Trinajstić information content (AvgIpc) is 3.38. The van der Waals surface area contributed by atoms with E-state index in [1.165, 1.54) is 47.2 Å². The van der Waals surface area contributed by atoms with E-state index in [0.717, 1.165) is 28.6 Å². The van der Waals surface area contributed by atoms with Crippen LogP contribution >= 0.6 is 0 Å². The summed E-state index contributed by atoms with van der Waals surface area (Å²) in [4.78, 5) is 32.8. The Morgan fingerprint density at radius 3 is 2.36 bits per heavy atom. The Morgan fingerprint density at radius 1 is 0.929 bits per heavy atom. The van der Waals surface area contributed by atoms with Crippen LogP contribution in [0.2, 0.25) is 0 Å². The number of rotatable bonds is 12. The fourth-order valence-electron chi connectivity index (χ4n) is 4.58. The Hall–Kier alpha value is -4.38. The molecule has 0 fully saturated rings. The van der Waals surface area contributed by atoms with Gasteiger partial charge in [0.25, 0.3) is 0 Å². The molecule has 42 heavy (non-hydrogen) atoms. The zero-order valence-corrected chi connectivity index (χ0v) is 23.1. The minimum atomic E-state index is -4.47. The molecular formula is C31H32F4N4O3. The van der Waals surface area contributed by atoms with Gasteiger partial charge in [-0.3, -0.25) is 4.79 Å². The summed E-state index contributed by atoms with van der Waals surface area (Å²) >= 11 is 0. The van der Waals surface area contributed by atoms with Crippen LogP contribution in [0.4, 0.5) is 28.0 Å². The number of hydrogen-bond acceptors (Lipinski definition) is 3. The number of nitrogens with one attached hydrogen (secondary N) is 2. The number of ether oxygens (including phenoxy) is 1. The molecule has 222 valence electrons. The number of aromatic amines is 1. The molecule has 0 saturated carbocycles. The molecule has 0 saturated heterocycles. The summed E-state index contributed by atoms with van der Waals surface area (Å²) in [5.74, 6) is -1.02. The van der Waals surface area contributed by atoms with Gasteiger partial charge in [-0.1, -0.05) is 42.5 Å². The Balaban J connectivity index is 1.54. The molecule has 0 unspecified atom stereocenters. The minimum Gasteiger partial charge on any atom is -0.385 e. The third-order valence-electron chi connectivity index (χ3n) is 6.84. The lowest BCUT2D eigenvalue weighted by atomic mass is 10.1. The van der Waals surface area contributed by atoms with Gasteiger partial charge < -0.3 is 24.8 Å². The Bertz CT molecular complexity index is 1490. The van der Waals surface area contributed by atoms with Crippen LogP contribution in [0, 0.1) is 5.82 Å². The number of hydrogen-bond donors (Lipinski definition) is 2. The second-order valence-electron chi connectivity index (χ2n) is 9.80. The van der Waals surface area contributed by atoms with Crippen molar-refractivity contribution in [3.05, 3.63) is 102 Å². The number of benzene rings is 3. The Kier molecular flexibility index (Phi) is 10.2. The summed E-state index contributed by atoms with van der Waals surface area (Å²) in [5.41, 5.74) is 1.63. The van der Waals surface area contributed by atoms with Crippen LogP contribution in [0.15, 0.2) is 79.0 Å². The smallest absolute Gasteiger partial charge is 0.385 e. The van der Waals surface area contributed by atoms with Crippen LogP contribution in [0.3, 0.4) is 0 Å². The van der Waals surface area contributed by atoms with E-state index in [1.807, 2.05) is 30.5 Å². The maximum Gasteiger partial charge on any atom is 0.416 e. The van der Waals surface area contributed by atoms with Gasteiger partial charge in [0.05, 0.1) is 11.3 Å². The van der Waals surface area contributed by atoms with Crippen molar-refractivity contribution in [3.8, 4) is 0 Å². The molecule has 1 heterocycles. The van der Waals surface area contributed by atoms with Crippen molar-refractivity contribution in [2.75, 3.05) is 38.7 Å². The van der Waals surface area contributed by atoms with Gasteiger partial charge in [-0.2, -0.15) is 13.2 Å². The van der Waals surface area contributed by atoms with Crippen LogP contribution in [0.1, 0.15) is 23.1 Å². The molecule has 0 bridgehead atoms. The zero-order valence-electron chi connectivity index (χ0n) is 23.1. The highest BCUT2D eigenvalue weighted by Crippen LogP contribution is 2.29. The van der Waals surface area contributed by atoms with Crippen molar-refractivity contribution < 1.29 is 31.9 Å². The lowest BCUT2D eigenvalue weighted by Crippen LogP contribution is -2.45. The quantitative estimate of drug-likeness (QED) is 0.148. The van der Waals surface area contributed by atoms with Gasteiger partial charge in [-0.25, -0.2) is 9.18 Å². The molecule has 11 heteroatoms. The first kappa shape index (κ1) is 30.6. The molecule has 0 radical (unpaired) electrons. The number of methoxy groups -OCH3 is 1. The first-order valence-electron chi connectivity index (χ1n) is 13.4. The van der Waals surface area contributed by atoms with E-state index in [9.17, 15) is 27.2 Å². The van der Waals surface area contributed by atoms with Crippen molar-refractivity contribution >= 4 is 28.5 Å². The van der Waals surface area contributed by atoms with Gasteiger partial charge in [-0.05, 0) is 54.3 Å². The predicted octanol–water partition coefficient (Wildman–Crippen LogP) is 6.47. The zero-order chi connectivity index (χ0) is 30.1. The van der Waals surface area contributed by atoms with Crippen molar-refractivity contribution in [2.45, 2.75) is 25.6 Å². The first-order valence-corrected chi connectivity index (χ1v) is 13.4. The monoisotopic (exact) mass is 584 g/mol. The molecule has 1 aromatic heterocycles. The normalized spacial score (nSPS) is 11.5. The van der Waals surface area contributed by atoms with Crippen molar-refractivity contribution in [1.82, 2.24) is 14.8 Å². The molecule has 0 spiro atoms. The Labute approximate surface area is 241 Å². The van der Waals surface area contributed by atoms with Crippen LogP contribution in [-0.2, 0) is 28.7 Å². The number of anilines is 1. The molecular weight excluding hydrogens is 552 g/mol. The van der Waals surface area contributed by atoms with E-state index < -0.39 is 29.5 Å². The summed E-state index contributed by atoms with van der Waals surface area (Å²) in [6.07, 6.45) is -1.70. The molecule has 0 aliphatic rings. The van der Waals surface area contributed by atoms with E-state index in [1.54, 1.807) is 6.07 Å². The second-order valence-corrected chi connectivity index (χ2v) is 9.80. The van der Waals surface area contributed by atoms with Gasteiger partial charge in [0, 0.05) is 50.5 Å². The Morgan fingerprint density at radius 2 is 1.64 bits per heavy atom. The molecule has 0 atom stereocenters. The largest absolute Gasteiger partial charge is 0.416 e.